The van der Waals surface area contributed by atoms with Gasteiger partial charge in [-0.15, -0.1) is 0 Å². The van der Waals surface area contributed by atoms with Gasteiger partial charge in [0.1, 0.15) is 18.2 Å². The van der Waals surface area contributed by atoms with Crippen LogP contribution >= 0.6 is 0 Å². The molecule has 0 N–H and O–H groups in total. The van der Waals surface area contributed by atoms with Crippen molar-refractivity contribution in [3.8, 4) is 5.75 Å². The Bertz CT molecular complexity index is 663. The summed E-state index contributed by atoms with van der Waals surface area (Å²) >= 11 is 0. The Kier molecular flexibility index (Phi) is 5.74. The quantitative estimate of drug-likeness (QED) is 0.747. The van der Waals surface area contributed by atoms with Crippen molar-refractivity contribution < 1.29 is 18.7 Å². The van der Waals surface area contributed by atoms with E-state index in [2.05, 4.69) is 0 Å². The molecule has 0 spiro atoms. The maximum Gasteiger partial charge on any atom is 0.302 e. The number of carbonyl (C=O) groups is 1. The molecule has 0 unspecified atom stereocenters. The molecule has 0 atom stereocenters. The Balaban J connectivity index is 2.03. The largest absolute Gasteiger partial charge is 0.491 e. The Labute approximate surface area is 136 Å². The first kappa shape index (κ1) is 17.0. The normalized spacial score (nSPS) is 10.7. The third-order valence-electron chi connectivity index (χ3n) is 3.25. The summed E-state index contributed by atoms with van der Waals surface area (Å²) in [6.07, 6.45) is 0.629. The summed E-state index contributed by atoms with van der Waals surface area (Å²) in [4.78, 5) is 10.8. The zero-order valence-electron chi connectivity index (χ0n) is 13.6. The highest BCUT2D eigenvalue weighted by Crippen LogP contribution is 2.19. The van der Waals surface area contributed by atoms with Gasteiger partial charge in [0.15, 0.2) is 0 Å². The lowest BCUT2D eigenvalue weighted by Gasteiger charge is -2.10. The van der Waals surface area contributed by atoms with Gasteiger partial charge in [-0.25, -0.2) is 4.39 Å². The van der Waals surface area contributed by atoms with Gasteiger partial charge in [-0.3, -0.25) is 4.79 Å². The van der Waals surface area contributed by atoms with Gasteiger partial charge < -0.3 is 9.47 Å². The zero-order chi connectivity index (χ0) is 16.8. The molecule has 0 saturated carbocycles. The fourth-order valence-electron chi connectivity index (χ4n) is 2.19. The van der Waals surface area contributed by atoms with Crippen LogP contribution in [0.25, 0.3) is 0 Å². The van der Waals surface area contributed by atoms with Crippen molar-refractivity contribution in [2.75, 3.05) is 0 Å². The monoisotopic (exact) mass is 316 g/mol. The van der Waals surface area contributed by atoms with Crippen LogP contribution in [0, 0.1) is 5.82 Å². The van der Waals surface area contributed by atoms with Crippen LogP contribution in [0.1, 0.15) is 37.5 Å². The highest BCUT2D eigenvalue weighted by molar-refractivity contribution is 5.65. The first-order chi connectivity index (χ1) is 10.9. The maximum atomic E-state index is 14.1. The summed E-state index contributed by atoms with van der Waals surface area (Å²) in [7, 11) is 0. The Hall–Kier alpha value is -2.36. The molecule has 0 aliphatic heterocycles. The topological polar surface area (TPSA) is 35.5 Å². The van der Waals surface area contributed by atoms with Gasteiger partial charge in [0.25, 0.3) is 0 Å². The summed E-state index contributed by atoms with van der Waals surface area (Å²) < 4.78 is 24.6. The predicted octanol–water partition coefficient (Wildman–Crippen LogP) is 4.27. The van der Waals surface area contributed by atoms with Crippen molar-refractivity contribution in [2.45, 2.75) is 39.9 Å². The van der Waals surface area contributed by atoms with E-state index in [-0.39, 0.29) is 24.5 Å². The lowest BCUT2D eigenvalue weighted by Crippen LogP contribution is -2.05. The SMILES string of the molecule is CC(=O)OCc1ccc(Cc2ccc(OC(C)C)cc2)c(F)c1. The van der Waals surface area contributed by atoms with Crippen molar-refractivity contribution in [2.24, 2.45) is 0 Å². The Morgan fingerprint density at radius 3 is 2.30 bits per heavy atom. The van der Waals surface area contributed by atoms with Crippen molar-refractivity contribution in [3.63, 3.8) is 0 Å². The van der Waals surface area contributed by atoms with E-state index in [0.717, 1.165) is 11.3 Å². The minimum absolute atomic E-state index is 0.0910. The molecule has 3 nitrogen and oxygen atoms in total. The standard InChI is InChI=1S/C19H21FO3/c1-13(2)23-18-8-5-15(6-9-18)10-17-7-4-16(11-19(17)20)12-22-14(3)21/h4-9,11,13H,10,12H2,1-3H3. The number of ether oxygens (including phenoxy) is 2. The average Bonchev–Trinajstić information content (AvgIpc) is 2.49. The summed E-state index contributed by atoms with van der Waals surface area (Å²) in [6.45, 7) is 5.37. The fourth-order valence-corrected chi connectivity index (χ4v) is 2.19. The van der Waals surface area contributed by atoms with Crippen LogP contribution in [0.4, 0.5) is 4.39 Å². The second kappa shape index (κ2) is 7.77. The minimum atomic E-state index is -0.377. The summed E-state index contributed by atoms with van der Waals surface area (Å²) in [5, 5.41) is 0. The lowest BCUT2D eigenvalue weighted by atomic mass is 10.0. The van der Waals surface area contributed by atoms with Gasteiger partial charge in [0.2, 0.25) is 0 Å². The molecule has 23 heavy (non-hydrogen) atoms. The van der Waals surface area contributed by atoms with E-state index in [9.17, 15) is 9.18 Å². The second-order valence-corrected chi connectivity index (χ2v) is 5.69. The van der Waals surface area contributed by atoms with Gasteiger partial charge in [-0.2, -0.15) is 0 Å². The number of halogens is 1. The van der Waals surface area contributed by atoms with Crippen LogP contribution in [0.15, 0.2) is 42.5 Å². The van der Waals surface area contributed by atoms with E-state index in [4.69, 9.17) is 9.47 Å². The van der Waals surface area contributed by atoms with Crippen molar-refractivity contribution in [1.82, 2.24) is 0 Å². The molecule has 0 aliphatic carbocycles. The average molecular weight is 316 g/mol. The number of benzene rings is 2. The number of rotatable bonds is 6. The van der Waals surface area contributed by atoms with Crippen LogP contribution in [0.3, 0.4) is 0 Å². The third kappa shape index (κ3) is 5.40. The molecular formula is C19H21FO3. The Morgan fingerprint density at radius 1 is 1.09 bits per heavy atom. The molecule has 0 amide bonds. The van der Waals surface area contributed by atoms with E-state index in [1.54, 1.807) is 12.1 Å². The van der Waals surface area contributed by atoms with Gasteiger partial charge in [0, 0.05) is 13.3 Å². The van der Waals surface area contributed by atoms with Crippen molar-refractivity contribution in [3.05, 3.63) is 65.0 Å². The van der Waals surface area contributed by atoms with Crippen LogP contribution in [0.2, 0.25) is 0 Å². The molecule has 0 bridgehead atoms. The lowest BCUT2D eigenvalue weighted by molar-refractivity contribution is -0.142. The molecule has 0 aliphatic rings. The maximum absolute atomic E-state index is 14.1. The van der Waals surface area contributed by atoms with Crippen LogP contribution in [-0.2, 0) is 22.6 Å². The van der Waals surface area contributed by atoms with E-state index in [1.165, 1.54) is 13.0 Å². The number of esters is 1. The van der Waals surface area contributed by atoms with Crippen LogP contribution in [-0.4, -0.2) is 12.1 Å². The van der Waals surface area contributed by atoms with Gasteiger partial charge >= 0.3 is 5.97 Å². The molecule has 0 radical (unpaired) electrons. The van der Waals surface area contributed by atoms with E-state index >= 15 is 0 Å². The van der Waals surface area contributed by atoms with Crippen LogP contribution in [0.5, 0.6) is 5.75 Å². The molecule has 0 fully saturated rings. The molecule has 2 rings (SSSR count). The van der Waals surface area contributed by atoms with Gasteiger partial charge in [-0.05, 0) is 48.7 Å². The molecular weight excluding hydrogens is 295 g/mol. The summed E-state index contributed by atoms with van der Waals surface area (Å²) in [5.74, 6) is 0.135. The van der Waals surface area contributed by atoms with Crippen molar-refractivity contribution >= 4 is 5.97 Å². The van der Waals surface area contributed by atoms with Crippen LogP contribution < -0.4 is 4.74 Å². The molecule has 2 aromatic rings. The van der Waals surface area contributed by atoms with Crippen molar-refractivity contribution in [1.29, 1.82) is 0 Å². The Morgan fingerprint density at radius 2 is 1.74 bits per heavy atom. The minimum Gasteiger partial charge on any atom is -0.491 e. The summed E-state index contributed by atoms with van der Waals surface area (Å²) in [6, 6.07) is 12.6. The zero-order valence-corrected chi connectivity index (χ0v) is 13.6. The molecule has 0 saturated heterocycles. The number of hydrogen-bond donors (Lipinski definition) is 0. The molecule has 122 valence electrons. The number of carbonyl (C=O) groups excluding carboxylic acids is 1. The molecule has 4 heteroatoms. The first-order valence-corrected chi connectivity index (χ1v) is 7.60. The van der Waals surface area contributed by atoms with Gasteiger partial charge in [0.05, 0.1) is 6.10 Å². The van der Waals surface area contributed by atoms with E-state index < -0.39 is 0 Å². The highest BCUT2D eigenvalue weighted by atomic mass is 19.1. The first-order valence-electron chi connectivity index (χ1n) is 7.60. The molecule has 2 aromatic carbocycles. The molecule has 0 aromatic heterocycles. The van der Waals surface area contributed by atoms with E-state index in [1.807, 2.05) is 38.1 Å². The second-order valence-electron chi connectivity index (χ2n) is 5.69. The van der Waals surface area contributed by atoms with Gasteiger partial charge in [-0.1, -0.05) is 24.3 Å². The molecule has 0 heterocycles. The van der Waals surface area contributed by atoms with E-state index in [0.29, 0.717) is 17.5 Å². The predicted molar refractivity (Wildman–Crippen MR) is 86.9 cm³/mol. The third-order valence-corrected chi connectivity index (χ3v) is 3.25. The highest BCUT2D eigenvalue weighted by Gasteiger charge is 2.07. The smallest absolute Gasteiger partial charge is 0.302 e. The fraction of sp³-hybridized carbons (Fsp3) is 0.316. The number of hydrogen-bond acceptors (Lipinski definition) is 3. The summed E-state index contributed by atoms with van der Waals surface area (Å²) in [5.41, 5.74) is 2.25.